The summed E-state index contributed by atoms with van der Waals surface area (Å²) < 4.78 is 11.5. The summed E-state index contributed by atoms with van der Waals surface area (Å²) in [5.74, 6) is 1.87. The third-order valence-electron chi connectivity index (χ3n) is 5.09. The van der Waals surface area contributed by atoms with Crippen LogP contribution in [0, 0.1) is 0 Å². The molecule has 1 aromatic rings. The molecule has 6 heteroatoms. The summed E-state index contributed by atoms with van der Waals surface area (Å²) in [5, 5.41) is 0. The van der Waals surface area contributed by atoms with E-state index in [2.05, 4.69) is 9.88 Å². The second-order valence-corrected chi connectivity index (χ2v) is 6.92. The Hall–Kier alpha value is -2.24. The third-order valence-corrected chi connectivity index (χ3v) is 5.09. The molecule has 134 valence electrons. The van der Waals surface area contributed by atoms with E-state index in [0.717, 1.165) is 56.0 Å². The Labute approximate surface area is 148 Å². The van der Waals surface area contributed by atoms with Crippen LogP contribution in [0.1, 0.15) is 32.1 Å². The quantitative estimate of drug-likeness (QED) is 0.840. The van der Waals surface area contributed by atoms with Gasteiger partial charge in [-0.25, -0.2) is 4.98 Å². The standard InChI is InChI=1S/C19H25N3O3/c23-19(15-5-4-12-24-14-15)22-11-7-16(13-22)25-17-6-3-8-20-18(17)21-9-1-2-10-21/h3,6,8,14,16H,1-2,4-5,7,9-13H2/t16-/m0/s1. The van der Waals surface area contributed by atoms with Crippen molar-refractivity contribution in [2.45, 2.75) is 38.2 Å². The zero-order valence-electron chi connectivity index (χ0n) is 14.5. The molecule has 1 aromatic heterocycles. The van der Waals surface area contributed by atoms with Gasteiger partial charge in [0.2, 0.25) is 0 Å². The molecule has 2 fully saturated rings. The number of amides is 1. The van der Waals surface area contributed by atoms with Gasteiger partial charge >= 0.3 is 0 Å². The fourth-order valence-corrected chi connectivity index (χ4v) is 3.75. The molecule has 1 amide bonds. The molecule has 0 radical (unpaired) electrons. The van der Waals surface area contributed by atoms with Crippen molar-refractivity contribution < 1.29 is 14.3 Å². The number of nitrogens with zero attached hydrogens (tertiary/aromatic N) is 3. The van der Waals surface area contributed by atoms with Crippen LogP contribution in [0.4, 0.5) is 5.82 Å². The molecule has 0 bridgehead atoms. The minimum atomic E-state index is 0.0274. The summed E-state index contributed by atoms with van der Waals surface area (Å²) >= 11 is 0. The number of aromatic nitrogens is 1. The number of ether oxygens (including phenoxy) is 2. The summed E-state index contributed by atoms with van der Waals surface area (Å²) in [6, 6.07) is 3.90. The van der Waals surface area contributed by atoms with Crippen LogP contribution in [0.15, 0.2) is 30.2 Å². The molecule has 0 aliphatic carbocycles. The van der Waals surface area contributed by atoms with Gasteiger partial charge in [0.15, 0.2) is 11.6 Å². The zero-order chi connectivity index (χ0) is 17.1. The first-order valence-corrected chi connectivity index (χ1v) is 9.28. The maximum absolute atomic E-state index is 12.6. The Bertz CT molecular complexity index is 655. The molecule has 3 aliphatic heterocycles. The van der Waals surface area contributed by atoms with Gasteiger partial charge in [-0.15, -0.1) is 0 Å². The molecule has 0 saturated carbocycles. The average Bonchev–Trinajstić information content (AvgIpc) is 3.34. The fourth-order valence-electron chi connectivity index (χ4n) is 3.75. The number of pyridine rings is 1. The van der Waals surface area contributed by atoms with E-state index in [-0.39, 0.29) is 12.0 Å². The predicted molar refractivity (Wildman–Crippen MR) is 94.6 cm³/mol. The summed E-state index contributed by atoms with van der Waals surface area (Å²) in [6.45, 7) is 4.15. The van der Waals surface area contributed by atoms with Crippen molar-refractivity contribution in [1.29, 1.82) is 0 Å². The van der Waals surface area contributed by atoms with Crippen LogP contribution in [0.25, 0.3) is 0 Å². The molecule has 3 aliphatic rings. The topological polar surface area (TPSA) is 54.9 Å². The number of likely N-dealkylation sites (tertiary alicyclic amines) is 1. The molecular weight excluding hydrogens is 318 g/mol. The second kappa shape index (κ2) is 7.33. The Balaban J connectivity index is 1.40. The van der Waals surface area contributed by atoms with E-state index in [4.69, 9.17) is 9.47 Å². The van der Waals surface area contributed by atoms with Gasteiger partial charge in [-0.3, -0.25) is 4.79 Å². The van der Waals surface area contributed by atoms with Gasteiger partial charge in [0.05, 0.1) is 25.0 Å². The Morgan fingerprint density at radius 2 is 2.12 bits per heavy atom. The molecular formula is C19H25N3O3. The van der Waals surface area contributed by atoms with Crippen LogP contribution in [0.5, 0.6) is 5.75 Å². The highest BCUT2D eigenvalue weighted by Gasteiger charge is 2.31. The highest BCUT2D eigenvalue weighted by Crippen LogP contribution is 2.30. The van der Waals surface area contributed by atoms with Crippen molar-refractivity contribution in [3.63, 3.8) is 0 Å². The van der Waals surface area contributed by atoms with Crippen molar-refractivity contribution in [2.24, 2.45) is 0 Å². The van der Waals surface area contributed by atoms with Gasteiger partial charge in [-0.05, 0) is 37.8 Å². The second-order valence-electron chi connectivity index (χ2n) is 6.92. The van der Waals surface area contributed by atoms with E-state index in [1.807, 2.05) is 23.2 Å². The number of carbonyl (C=O) groups excluding carboxylic acids is 1. The van der Waals surface area contributed by atoms with Crippen molar-refractivity contribution in [2.75, 3.05) is 37.7 Å². The largest absolute Gasteiger partial charge is 0.501 e. The maximum Gasteiger partial charge on any atom is 0.252 e. The van der Waals surface area contributed by atoms with Gasteiger partial charge in [-0.1, -0.05) is 0 Å². The molecule has 0 aromatic carbocycles. The van der Waals surface area contributed by atoms with E-state index >= 15 is 0 Å². The monoisotopic (exact) mass is 343 g/mol. The predicted octanol–water partition coefficient (Wildman–Crippen LogP) is 2.36. The van der Waals surface area contributed by atoms with Crippen molar-refractivity contribution in [1.82, 2.24) is 9.88 Å². The Morgan fingerprint density at radius 3 is 2.92 bits per heavy atom. The zero-order valence-corrected chi connectivity index (χ0v) is 14.5. The van der Waals surface area contributed by atoms with Gasteiger partial charge in [0.25, 0.3) is 5.91 Å². The molecule has 1 atom stereocenters. The average molecular weight is 343 g/mol. The first-order chi connectivity index (χ1) is 12.3. The molecule has 6 nitrogen and oxygen atoms in total. The Morgan fingerprint density at radius 1 is 1.24 bits per heavy atom. The minimum Gasteiger partial charge on any atom is -0.501 e. The van der Waals surface area contributed by atoms with Crippen LogP contribution >= 0.6 is 0 Å². The van der Waals surface area contributed by atoms with Crippen molar-refractivity contribution >= 4 is 11.7 Å². The van der Waals surface area contributed by atoms with Gasteiger partial charge in [0.1, 0.15) is 6.10 Å². The highest BCUT2D eigenvalue weighted by atomic mass is 16.5. The van der Waals surface area contributed by atoms with E-state index in [1.54, 1.807) is 6.26 Å². The van der Waals surface area contributed by atoms with E-state index < -0.39 is 0 Å². The van der Waals surface area contributed by atoms with Crippen LogP contribution < -0.4 is 9.64 Å². The van der Waals surface area contributed by atoms with Crippen LogP contribution in [-0.4, -0.2) is 54.7 Å². The minimum absolute atomic E-state index is 0.0274. The highest BCUT2D eigenvalue weighted by molar-refractivity contribution is 5.93. The number of carbonyl (C=O) groups is 1. The summed E-state index contributed by atoms with van der Waals surface area (Å²) in [7, 11) is 0. The van der Waals surface area contributed by atoms with Crippen molar-refractivity contribution in [3.8, 4) is 5.75 Å². The summed E-state index contributed by atoms with van der Waals surface area (Å²) in [6.07, 6.45) is 8.47. The van der Waals surface area contributed by atoms with Crippen LogP contribution in [0.3, 0.4) is 0 Å². The number of hydrogen-bond donors (Lipinski definition) is 0. The lowest BCUT2D eigenvalue weighted by atomic mass is 10.1. The number of anilines is 1. The first kappa shape index (κ1) is 16.2. The molecule has 0 unspecified atom stereocenters. The SMILES string of the molecule is O=C(C1=COCCC1)N1CC[C@H](Oc2cccnc2N2CCCC2)C1. The van der Waals surface area contributed by atoms with E-state index in [0.29, 0.717) is 13.2 Å². The fraction of sp³-hybridized carbons (Fsp3) is 0.579. The molecule has 4 heterocycles. The summed E-state index contributed by atoms with van der Waals surface area (Å²) in [5.41, 5.74) is 0.783. The third kappa shape index (κ3) is 3.57. The molecule has 4 rings (SSSR count). The van der Waals surface area contributed by atoms with Gasteiger partial charge in [0, 0.05) is 32.3 Å². The normalized spacial score (nSPS) is 23.4. The van der Waals surface area contributed by atoms with Gasteiger partial charge < -0.3 is 19.3 Å². The van der Waals surface area contributed by atoms with Gasteiger partial charge in [-0.2, -0.15) is 0 Å². The van der Waals surface area contributed by atoms with E-state index in [9.17, 15) is 4.79 Å². The lowest BCUT2D eigenvalue weighted by Gasteiger charge is -2.23. The first-order valence-electron chi connectivity index (χ1n) is 9.28. The smallest absolute Gasteiger partial charge is 0.252 e. The van der Waals surface area contributed by atoms with Crippen LogP contribution in [0.2, 0.25) is 0 Å². The number of hydrogen-bond acceptors (Lipinski definition) is 5. The maximum atomic E-state index is 12.6. The summed E-state index contributed by atoms with van der Waals surface area (Å²) in [4.78, 5) is 21.3. The lowest BCUT2D eigenvalue weighted by molar-refractivity contribution is -0.126. The van der Waals surface area contributed by atoms with Crippen molar-refractivity contribution in [3.05, 3.63) is 30.2 Å². The van der Waals surface area contributed by atoms with Crippen LogP contribution in [-0.2, 0) is 9.53 Å². The number of rotatable bonds is 4. The lowest BCUT2D eigenvalue weighted by Crippen LogP contribution is -2.33. The molecule has 0 N–H and O–H groups in total. The van der Waals surface area contributed by atoms with E-state index in [1.165, 1.54) is 12.8 Å². The Kier molecular flexibility index (Phi) is 4.76. The molecule has 0 spiro atoms. The molecule has 2 saturated heterocycles. The molecule has 25 heavy (non-hydrogen) atoms.